The highest BCUT2D eigenvalue weighted by Crippen LogP contribution is 2.25. The van der Waals surface area contributed by atoms with Crippen molar-refractivity contribution in [3.8, 4) is 5.75 Å². The number of carboxylic acid groups (broad SMARTS) is 1. The van der Waals surface area contributed by atoms with Crippen LogP contribution in [0.1, 0.15) is 29.8 Å². The van der Waals surface area contributed by atoms with Crippen molar-refractivity contribution in [2.45, 2.75) is 26.5 Å². The molecule has 92 valence electrons. The van der Waals surface area contributed by atoms with Crippen molar-refractivity contribution in [1.82, 2.24) is 5.32 Å². The van der Waals surface area contributed by atoms with Gasteiger partial charge in [-0.25, -0.2) is 4.79 Å². The number of fused-ring (bicyclic) bond motifs is 1. The Morgan fingerprint density at radius 3 is 2.94 bits per heavy atom. The first-order valence-corrected chi connectivity index (χ1v) is 5.81. The van der Waals surface area contributed by atoms with Crippen LogP contribution < -0.4 is 10.1 Å². The molecule has 17 heavy (non-hydrogen) atoms. The van der Waals surface area contributed by atoms with E-state index in [1.165, 1.54) is 0 Å². The lowest BCUT2D eigenvalue weighted by Gasteiger charge is -2.20. The monoisotopic (exact) mass is 235 g/mol. The Bertz CT molecular complexity index is 429. The van der Waals surface area contributed by atoms with Gasteiger partial charge in [0.05, 0.1) is 5.56 Å². The summed E-state index contributed by atoms with van der Waals surface area (Å²) in [5.41, 5.74) is 1.28. The fourth-order valence-electron chi connectivity index (χ4n) is 1.87. The van der Waals surface area contributed by atoms with E-state index in [-0.39, 0.29) is 11.7 Å². The summed E-state index contributed by atoms with van der Waals surface area (Å²) < 4.78 is 5.88. The van der Waals surface area contributed by atoms with Crippen molar-refractivity contribution < 1.29 is 14.6 Å². The third kappa shape index (κ3) is 2.58. The predicted octanol–water partition coefficient (Wildman–Crippen LogP) is 1.89. The summed E-state index contributed by atoms with van der Waals surface area (Å²) >= 11 is 0. The number of rotatable bonds is 2. The molecule has 0 bridgehead atoms. The number of hydrogen-bond acceptors (Lipinski definition) is 3. The van der Waals surface area contributed by atoms with Crippen LogP contribution in [0.4, 0.5) is 0 Å². The minimum absolute atomic E-state index is 0.0836. The van der Waals surface area contributed by atoms with Crippen molar-refractivity contribution >= 4 is 5.97 Å². The highest BCUT2D eigenvalue weighted by molar-refractivity contribution is 5.88. The number of carboxylic acids is 1. The van der Waals surface area contributed by atoms with Crippen LogP contribution in [-0.4, -0.2) is 23.7 Å². The minimum Gasteiger partial charge on any atom is -0.488 e. The SMILES string of the molecule is CC(C)[C@@H]1CNCc2ccc(C(=O)O)cc2O1. The van der Waals surface area contributed by atoms with Crippen LogP contribution in [0.15, 0.2) is 18.2 Å². The normalized spacial score (nSPS) is 19.4. The van der Waals surface area contributed by atoms with Crippen LogP contribution in [0.5, 0.6) is 5.75 Å². The third-order valence-corrected chi connectivity index (χ3v) is 3.00. The second kappa shape index (κ2) is 4.75. The van der Waals surface area contributed by atoms with Gasteiger partial charge in [-0.05, 0) is 18.1 Å². The van der Waals surface area contributed by atoms with Gasteiger partial charge in [0.2, 0.25) is 0 Å². The smallest absolute Gasteiger partial charge is 0.335 e. The fraction of sp³-hybridized carbons (Fsp3) is 0.462. The molecule has 0 aliphatic carbocycles. The lowest BCUT2D eigenvalue weighted by atomic mass is 10.1. The molecule has 0 radical (unpaired) electrons. The third-order valence-electron chi connectivity index (χ3n) is 3.00. The first-order chi connectivity index (χ1) is 8.08. The quantitative estimate of drug-likeness (QED) is 0.822. The molecule has 1 aliphatic heterocycles. The molecule has 4 nitrogen and oxygen atoms in total. The zero-order valence-corrected chi connectivity index (χ0v) is 10.1. The van der Waals surface area contributed by atoms with Gasteiger partial charge >= 0.3 is 5.97 Å². The van der Waals surface area contributed by atoms with Crippen LogP contribution in [0.25, 0.3) is 0 Å². The van der Waals surface area contributed by atoms with Crippen LogP contribution >= 0.6 is 0 Å². The Morgan fingerprint density at radius 1 is 1.53 bits per heavy atom. The van der Waals surface area contributed by atoms with Gasteiger partial charge in [0, 0.05) is 18.7 Å². The number of aromatic carboxylic acids is 1. The van der Waals surface area contributed by atoms with Gasteiger partial charge in [-0.1, -0.05) is 19.9 Å². The van der Waals surface area contributed by atoms with Gasteiger partial charge in [0.25, 0.3) is 0 Å². The summed E-state index contributed by atoms with van der Waals surface area (Å²) in [5, 5.41) is 12.3. The van der Waals surface area contributed by atoms with Crippen molar-refractivity contribution in [3.05, 3.63) is 29.3 Å². The van der Waals surface area contributed by atoms with Crippen molar-refractivity contribution in [3.63, 3.8) is 0 Å². The standard InChI is InChI=1S/C13H17NO3/c1-8(2)12-7-14-6-10-4-3-9(13(15)16)5-11(10)17-12/h3-5,8,12,14H,6-7H2,1-2H3,(H,15,16)/t12-/m0/s1. The van der Waals surface area contributed by atoms with Gasteiger partial charge in [-0.15, -0.1) is 0 Å². The number of ether oxygens (including phenoxy) is 1. The van der Waals surface area contributed by atoms with Crippen molar-refractivity contribution in [2.24, 2.45) is 5.92 Å². The molecule has 0 amide bonds. The molecule has 2 N–H and O–H groups in total. The molecular formula is C13H17NO3. The topological polar surface area (TPSA) is 58.6 Å². The maximum Gasteiger partial charge on any atom is 0.335 e. The van der Waals surface area contributed by atoms with E-state index in [2.05, 4.69) is 19.2 Å². The second-order valence-electron chi connectivity index (χ2n) is 4.66. The average Bonchev–Trinajstić information content (AvgIpc) is 2.49. The molecule has 0 unspecified atom stereocenters. The Kier molecular flexibility index (Phi) is 3.33. The molecule has 2 rings (SSSR count). The Labute approximate surface area is 101 Å². The molecular weight excluding hydrogens is 218 g/mol. The van der Waals surface area contributed by atoms with Crippen LogP contribution in [0.3, 0.4) is 0 Å². The average molecular weight is 235 g/mol. The van der Waals surface area contributed by atoms with Crippen molar-refractivity contribution in [1.29, 1.82) is 0 Å². The van der Waals surface area contributed by atoms with Gasteiger partial charge in [-0.3, -0.25) is 0 Å². The molecule has 1 aromatic carbocycles. The highest BCUT2D eigenvalue weighted by atomic mass is 16.5. The lowest BCUT2D eigenvalue weighted by molar-refractivity contribution is 0.0695. The van der Waals surface area contributed by atoms with Crippen LogP contribution in [0, 0.1) is 5.92 Å². The summed E-state index contributed by atoms with van der Waals surface area (Å²) in [6.45, 7) is 5.70. The second-order valence-corrected chi connectivity index (χ2v) is 4.66. The Balaban J connectivity index is 2.31. The Morgan fingerprint density at radius 2 is 2.29 bits per heavy atom. The molecule has 1 heterocycles. The molecule has 1 aliphatic rings. The van der Waals surface area contributed by atoms with Gasteiger partial charge < -0.3 is 15.2 Å². The largest absolute Gasteiger partial charge is 0.488 e. The molecule has 0 spiro atoms. The number of nitrogens with one attached hydrogen (secondary N) is 1. The van der Waals surface area contributed by atoms with E-state index in [1.54, 1.807) is 12.1 Å². The fourth-order valence-corrected chi connectivity index (χ4v) is 1.87. The van der Waals surface area contributed by atoms with E-state index < -0.39 is 5.97 Å². The maximum atomic E-state index is 10.9. The number of benzene rings is 1. The number of hydrogen-bond donors (Lipinski definition) is 2. The van der Waals surface area contributed by atoms with Gasteiger partial charge in [-0.2, -0.15) is 0 Å². The minimum atomic E-state index is -0.922. The van der Waals surface area contributed by atoms with E-state index >= 15 is 0 Å². The van der Waals surface area contributed by atoms with Gasteiger partial charge in [0.15, 0.2) is 0 Å². The Hall–Kier alpha value is -1.55. The van der Waals surface area contributed by atoms with E-state index in [0.717, 1.165) is 18.7 Å². The first-order valence-electron chi connectivity index (χ1n) is 5.81. The first kappa shape index (κ1) is 11.9. The molecule has 0 saturated carbocycles. The molecule has 1 aromatic rings. The molecule has 4 heteroatoms. The molecule has 1 atom stereocenters. The van der Waals surface area contributed by atoms with Gasteiger partial charge in [0.1, 0.15) is 11.9 Å². The molecule has 0 saturated heterocycles. The molecule has 0 fully saturated rings. The predicted molar refractivity (Wildman–Crippen MR) is 64.4 cm³/mol. The van der Waals surface area contributed by atoms with E-state index in [0.29, 0.717) is 11.7 Å². The summed E-state index contributed by atoms with van der Waals surface area (Å²) in [4.78, 5) is 10.9. The van der Waals surface area contributed by atoms with Crippen molar-refractivity contribution in [2.75, 3.05) is 6.54 Å². The lowest BCUT2D eigenvalue weighted by Crippen LogP contribution is -2.32. The van der Waals surface area contributed by atoms with E-state index in [9.17, 15) is 4.79 Å². The van der Waals surface area contributed by atoms with E-state index in [4.69, 9.17) is 9.84 Å². The summed E-state index contributed by atoms with van der Waals surface area (Å²) in [7, 11) is 0. The summed E-state index contributed by atoms with van der Waals surface area (Å²) in [6.07, 6.45) is 0.0836. The number of carbonyl (C=O) groups is 1. The molecule has 0 aromatic heterocycles. The summed E-state index contributed by atoms with van der Waals surface area (Å²) in [6, 6.07) is 5.04. The highest BCUT2D eigenvalue weighted by Gasteiger charge is 2.21. The zero-order valence-electron chi connectivity index (χ0n) is 10.1. The maximum absolute atomic E-state index is 10.9. The zero-order chi connectivity index (χ0) is 12.4. The van der Waals surface area contributed by atoms with Crippen LogP contribution in [0.2, 0.25) is 0 Å². The van der Waals surface area contributed by atoms with E-state index in [1.807, 2.05) is 6.07 Å². The van der Waals surface area contributed by atoms with Crippen LogP contribution in [-0.2, 0) is 6.54 Å². The summed E-state index contributed by atoms with van der Waals surface area (Å²) in [5.74, 6) is 0.158.